The van der Waals surface area contributed by atoms with E-state index in [2.05, 4.69) is 56.7 Å². The molecule has 0 aromatic rings. The third kappa shape index (κ3) is 6.62. The summed E-state index contributed by atoms with van der Waals surface area (Å²) in [7, 11) is 0. The Labute approximate surface area is 172 Å². The Morgan fingerprint density at radius 1 is 1.11 bits per heavy atom. The smallest absolute Gasteiger partial charge is 0.131 e. The van der Waals surface area contributed by atoms with Crippen molar-refractivity contribution in [3.05, 3.63) is 48.2 Å². The standard InChI is InChI=1S/C25H41FN2/c1-7-21(5)18-24(17-20(3)4)22(6)28-13-9-23(10-14-28)19-27-15-11-25(26,8-2)12-16-27/h7-8,18,20,23H,1-2,9-17,19H2,3-6H3/b21-18-,24-22+. The molecule has 0 aromatic heterocycles. The molecule has 28 heavy (non-hydrogen) atoms. The second-order valence-corrected chi connectivity index (χ2v) is 9.27. The minimum absolute atomic E-state index is 0.602. The Bertz CT molecular complexity index is 586. The molecule has 0 bridgehead atoms. The van der Waals surface area contributed by atoms with E-state index in [9.17, 15) is 4.39 Å². The van der Waals surface area contributed by atoms with Gasteiger partial charge in [0.05, 0.1) is 0 Å². The molecular formula is C25H41FN2. The molecule has 2 fully saturated rings. The Morgan fingerprint density at radius 2 is 1.71 bits per heavy atom. The summed E-state index contributed by atoms with van der Waals surface area (Å²) in [5.41, 5.74) is 2.98. The number of hydrogen-bond acceptors (Lipinski definition) is 2. The van der Waals surface area contributed by atoms with Crippen molar-refractivity contribution in [1.29, 1.82) is 0 Å². The maximum absolute atomic E-state index is 14.3. The molecule has 2 saturated heterocycles. The monoisotopic (exact) mass is 388 g/mol. The first-order valence-electron chi connectivity index (χ1n) is 11.1. The van der Waals surface area contributed by atoms with Gasteiger partial charge in [-0.3, -0.25) is 0 Å². The molecule has 0 saturated carbocycles. The van der Waals surface area contributed by atoms with Gasteiger partial charge in [0.1, 0.15) is 5.67 Å². The van der Waals surface area contributed by atoms with Crippen molar-refractivity contribution in [2.24, 2.45) is 11.8 Å². The highest BCUT2D eigenvalue weighted by molar-refractivity contribution is 5.31. The Balaban J connectivity index is 1.91. The molecule has 0 atom stereocenters. The van der Waals surface area contributed by atoms with Crippen LogP contribution in [0.1, 0.15) is 59.8 Å². The quantitative estimate of drug-likeness (QED) is 0.364. The van der Waals surface area contributed by atoms with Gasteiger partial charge >= 0.3 is 0 Å². The lowest BCUT2D eigenvalue weighted by molar-refractivity contribution is 0.0769. The van der Waals surface area contributed by atoms with E-state index in [-0.39, 0.29) is 0 Å². The maximum atomic E-state index is 14.3. The van der Waals surface area contributed by atoms with Gasteiger partial charge in [0.25, 0.3) is 0 Å². The summed E-state index contributed by atoms with van der Waals surface area (Å²) in [5, 5.41) is 0. The van der Waals surface area contributed by atoms with Crippen LogP contribution in [0.15, 0.2) is 48.2 Å². The molecule has 0 amide bonds. The van der Waals surface area contributed by atoms with Crippen molar-refractivity contribution in [2.75, 3.05) is 32.7 Å². The molecule has 2 nitrogen and oxygen atoms in total. The van der Waals surface area contributed by atoms with Crippen LogP contribution >= 0.6 is 0 Å². The molecular weight excluding hydrogens is 347 g/mol. The number of rotatable bonds is 8. The summed E-state index contributed by atoms with van der Waals surface area (Å²) in [6, 6.07) is 0. The average Bonchev–Trinajstić information content (AvgIpc) is 2.69. The first kappa shape index (κ1) is 22.9. The molecule has 0 N–H and O–H groups in total. The number of nitrogens with zero attached hydrogens (tertiary/aromatic N) is 2. The fourth-order valence-corrected chi connectivity index (χ4v) is 4.42. The molecule has 3 heteroatoms. The highest BCUT2D eigenvalue weighted by Gasteiger charge is 2.32. The molecule has 0 spiro atoms. The molecule has 2 aliphatic heterocycles. The third-order valence-corrected chi connectivity index (χ3v) is 6.48. The molecule has 0 unspecified atom stereocenters. The zero-order valence-electron chi connectivity index (χ0n) is 18.6. The van der Waals surface area contributed by atoms with Crippen molar-refractivity contribution in [2.45, 2.75) is 65.5 Å². The van der Waals surface area contributed by atoms with E-state index in [0.29, 0.717) is 18.8 Å². The number of allylic oxidation sites excluding steroid dienone is 6. The SMILES string of the molecule is C=C/C(C)=C\C(CC(C)C)=C(/C)N1CCC(CN2CCC(F)(C=C)CC2)CC1. The second kappa shape index (κ2) is 10.4. The second-order valence-electron chi connectivity index (χ2n) is 9.27. The Kier molecular flexibility index (Phi) is 8.55. The van der Waals surface area contributed by atoms with Gasteiger partial charge in [-0.2, -0.15) is 0 Å². The summed E-state index contributed by atoms with van der Waals surface area (Å²) in [6.07, 6.45) is 10.5. The van der Waals surface area contributed by atoms with E-state index in [0.717, 1.165) is 45.1 Å². The first-order chi connectivity index (χ1) is 13.3. The van der Waals surface area contributed by atoms with Gasteiger partial charge in [-0.1, -0.05) is 50.8 Å². The minimum atomic E-state index is -1.13. The van der Waals surface area contributed by atoms with E-state index >= 15 is 0 Å². The number of hydrogen-bond donors (Lipinski definition) is 0. The van der Waals surface area contributed by atoms with Crippen LogP contribution in [0.25, 0.3) is 0 Å². The van der Waals surface area contributed by atoms with Crippen molar-refractivity contribution in [3.63, 3.8) is 0 Å². The van der Waals surface area contributed by atoms with Crippen LogP contribution in [-0.4, -0.2) is 48.2 Å². The first-order valence-corrected chi connectivity index (χ1v) is 11.1. The van der Waals surface area contributed by atoms with Crippen LogP contribution < -0.4 is 0 Å². The summed E-state index contributed by atoms with van der Waals surface area (Å²) in [4.78, 5) is 5.03. The highest BCUT2D eigenvalue weighted by atomic mass is 19.1. The predicted octanol–water partition coefficient (Wildman–Crippen LogP) is 6.14. The largest absolute Gasteiger partial charge is 0.375 e. The van der Waals surface area contributed by atoms with Gasteiger partial charge in [-0.05, 0) is 63.4 Å². The van der Waals surface area contributed by atoms with Crippen molar-refractivity contribution < 1.29 is 4.39 Å². The molecule has 2 heterocycles. The van der Waals surface area contributed by atoms with E-state index in [1.807, 2.05) is 6.08 Å². The predicted molar refractivity (Wildman–Crippen MR) is 120 cm³/mol. The molecule has 0 aromatic carbocycles. The van der Waals surface area contributed by atoms with Gasteiger partial charge < -0.3 is 9.80 Å². The number of halogens is 1. The van der Waals surface area contributed by atoms with Gasteiger partial charge in [0.2, 0.25) is 0 Å². The van der Waals surface area contributed by atoms with Crippen molar-refractivity contribution in [1.82, 2.24) is 9.80 Å². The molecule has 0 aliphatic carbocycles. The lowest BCUT2D eigenvalue weighted by Gasteiger charge is -2.40. The van der Waals surface area contributed by atoms with E-state index in [1.165, 1.54) is 35.8 Å². The molecule has 158 valence electrons. The number of piperidine rings is 2. The van der Waals surface area contributed by atoms with Crippen LogP contribution in [0.3, 0.4) is 0 Å². The normalized spacial score (nSPS) is 22.9. The summed E-state index contributed by atoms with van der Waals surface area (Å²) in [5.74, 6) is 1.38. The minimum Gasteiger partial charge on any atom is -0.375 e. The van der Waals surface area contributed by atoms with E-state index < -0.39 is 5.67 Å². The van der Waals surface area contributed by atoms with Gasteiger partial charge in [-0.25, -0.2) is 4.39 Å². The lowest BCUT2D eigenvalue weighted by Crippen LogP contribution is -2.44. The van der Waals surface area contributed by atoms with Gasteiger partial charge in [-0.15, -0.1) is 0 Å². The van der Waals surface area contributed by atoms with Crippen LogP contribution in [0.4, 0.5) is 4.39 Å². The van der Waals surface area contributed by atoms with Crippen LogP contribution in [0.2, 0.25) is 0 Å². The third-order valence-electron chi connectivity index (χ3n) is 6.48. The highest BCUT2D eigenvalue weighted by Crippen LogP contribution is 2.30. The molecule has 0 radical (unpaired) electrons. The van der Waals surface area contributed by atoms with Gasteiger partial charge in [0.15, 0.2) is 0 Å². The summed E-state index contributed by atoms with van der Waals surface area (Å²) < 4.78 is 14.3. The van der Waals surface area contributed by atoms with Crippen LogP contribution in [-0.2, 0) is 0 Å². The summed E-state index contributed by atoms with van der Waals surface area (Å²) >= 11 is 0. The Hall–Kier alpha value is -1.35. The van der Waals surface area contributed by atoms with Crippen molar-refractivity contribution >= 4 is 0 Å². The van der Waals surface area contributed by atoms with Crippen LogP contribution in [0, 0.1) is 11.8 Å². The van der Waals surface area contributed by atoms with E-state index in [1.54, 1.807) is 0 Å². The maximum Gasteiger partial charge on any atom is 0.131 e. The number of alkyl halides is 1. The van der Waals surface area contributed by atoms with Crippen molar-refractivity contribution in [3.8, 4) is 0 Å². The summed E-state index contributed by atoms with van der Waals surface area (Å²) in [6.45, 7) is 21.7. The molecule has 2 aliphatic rings. The lowest BCUT2D eigenvalue weighted by atomic mass is 9.90. The van der Waals surface area contributed by atoms with E-state index in [4.69, 9.17) is 0 Å². The fourth-order valence-electron chi connectivity index (χ4n) is 4.42. The Morgan fingerprint density at radius 3 is 2.21 bits per heavy atom. The fraction of sp³-hybridized carbons (Fsp3) is 0.680. The van der Waals surface area contributed by atoms with Crippen LogP contribution in [0.5, 0.6) is 0 Å². The molecule has 2 rings (SSSR count). The average molecular weight is 389 g/mol. The zero-order valence-corrected chi connectivity index (χ0v) is 18.6. The number of likely N-dealkylation sites (tertiary alicyclic amines) is 2. The topological polar surface area (TPSA) is 6.48 Å². The van der Waals surface area contributed by atoms with Gasteiger partial charge in [0, 0.05) is 38.4 Å². The zero-order chi connectivity index (χ0) is 20.7.